The van der Waals surface area contributed by atoms with Crippen LogP contribution in [0.2, 0.25) is 0 Å². The number of amides is 1. The molecule has 27 heavy (non-hydrogen) atoms. The molecule has 2 heterocycles. The number of benzene rings is 2. The van der Waals surface area contributed by atoms with E-state index in [1.165, 1.54) is 6.07 Å². The third kappa shape index (κ3) is 3.60. The van der Waals surface area contributed by atoms with Crippen LogP contribution in [0.4, 0.5) is 4.39 Å². The zero-order valence-corrected chi connectivity index (χ0v) is 15.1. The quantitative estimate of drug-likeness (QED) is 0.898. The van der Waals surface area contributed by atoms with Crippen LogP contribution in [0.1, 0.15) is 10.4 Å². The molecule has 1 amide bonds. The van der Waals surface area contributed by atoms with E-state index in [-0.39, 0.29) is 24.3 Å². The van der Waals surface area contributed by atoms with Gasteiger partial charge in [-0.15, -0.1) is 0 Å². The molecule has 2 atom stereocenters. The number of likely N-dealkylation sites (tertiary alicyclic amines) is 1. The number of carbonyl (C=O) groups is 1. The SMILES string of the molecule is O=C(c1ccccc1-c1ccccc1F)N1C[C@H](O)[C@@H](N2CCOCC2)C1. The number of aliphatic hydroxyl groups excluding tert-OH is 1. The minimum atomic E-state index is -0.590. The number of hydrogen-bond donors (Lipinski definition) is 1. The van der Waals surface area contributed by atoms with E-state index in [4.69, 9.17) is 4.74 Å². The van der Waals surface area contributed by atoms with E-state index in [0.29, 0.717) is 36.4 Å². The van der Waals surface area contributed by atoms with Crippen molar-refractivity contribution in [2.24, 2.45) is 0 Å². The van der Waals surface area contributed by atoms with Gasteiger partial charge in [-0.25, -0.2) is 4.39 Å². The van der Waals surface area contributed by atoms with E-state index in [9.17, 15) is 14.3 Å². The van der Waals surface area contributed by atoms with E-state index < -0.39 is 6.10 Å². The van der Waals surface area contributed by atoms with E-state index in [0.717, 1.165) is 13.1 Å². The maximum atomic E-state index is 14.3. The number of carbonyl (C=O) groups excluding carboxylic acids is 1. The summed E-state index contributed by atoms with van der Waals surface area (Å²) in [5.41, 5.74) is 1.44. The van der Waals surface area contributed by atoms with Gasteiger partial charge in [-0.2, -0.15) is 0 Å². The number of morpholine rings is 1. The second kappa shape index (κ2) is 7.76. The van der Waals surface area contributed by atoms with Crippen LogP contribution in [0, 0.1) is 5.82 Å². The van der Waals surface area contributed by atoms with Crippen molar-refractivity contribution in [3.63, 3.8) is 0 Å². The first-order valence-electron chi connectivity index (χ1n) is 9.28. The lowest BCUT2D eigenvalue weighted by Crippen LogP contribution is -2.49. The lowest BCUT2D eigenvalue weighted by Gasteiger charge is -2.33. The molecular formula is C21H23FN2O3. The van der Waals surface area contributed by atoms with Crippen LogP contribution >= 0.6 is 0 Å². The Morgan fingerprint density at radius 3 is 2.41 bits per heavy atom. The molecule has 6 heteroatoms. The summed E-state index contributed by atoms with van der Waals surface area (Å²) >= 11 is 0. The normalized spacial score (nSPS) is 23.6. The maximum absolute atomic E-state index is 14.3. The first-order chi connectivity index (χ1) is 13.1. The number of ether oxygens (including phenoxy) is 1. The molecule has 2 aromatic rings. The van der Waals surface area contributed by atoms with Gasteiger partial charge in [0.05, 0.1) is 25.4 Å². The summed E-state index contributed by atoms with van der Waals surface area (Å²) in [6.45, 7) is 3.56. The Kier molecular flexibility index (Phi) is 5.20. The summed E-state index contributed by atoms with van der Waals surface area (Å²) in [5.74, 6) is -0.533. The highest BCUT2D eigenvalue weighted by atomic mass is 19.1. The summed E-state index contributed by atoms with van der Waals surface area (Å²) in [4.78, 5) is 17.0. The minimum absolute atomic E-state index is 0.0847. The fourth-order valence-corrected chi connectivity index (χ4v) is 3.96. The van der Waals surface area contributed by atoms with Crippen LogP contribution in [0.3, 0.4) is 0 Å². The molecule has 2 saturated heterocycles. The summed E-state index contributed by atoms with van der Waals surface area (Å²) in [6, 6.07) is 13.4. The third-order valence-electron chi connectivity index (χ3n) is 5.38. The van der Waals surface area contributed by atoms with Crippen molar-refractivity contribution in [3.05, 3.63) is 59.9 Å². The molecule has 5 nitrogen and oxygen atoms in total. The molecule has 0 unspecified atom stereocenters. The monoisotopic (exact) mass is 370 g/mol. The fraction of sp³-hybridized carbons (Fsp3) is 0.381. The van der Waals surface area contributed by atoms with Gasteiger partial charge in [-0.05, 0) is 17.7 Å². The Labute approximate surface area is 158 Å². The molecule has 1 N–H and O–H groups in total. The van der Waals surface area contributed by atoms with Crippen LogP contribution in [0.5, 0.6) is 0 Å². The molecule has 0 bridgehead atoms. The fourth-order valence-electron chi connectivity index (χ4n) is 3.96. The van der Waals surface area contributed by atoms with E-state index in [2.05, 4.69) is 4.90 Å². The predicted molar refractivity (Wildman–Crippen MR) is 99.9 cm³/mol. The van der Waals surface area contributed by atoms with E-state index in [1.54, 1.807) is 47.4 Å². The largest absolute Gasteiger partial charge is 0.390 e. The average Bonchev–Trinajstić information content (AvgIpc) is 3.10. The number of nitrogens with zero attached hydrogens (tertiary/aromatic N) is 2. The molecule has 2 aliphatic rings. The van der Waals surface area contributed by atoms with Crippen molar-refractivity contribution in [2.45, 2.75) is 12.1 Å². The third-order valence-corrected chi connectivity index (χ3v) is 5.38. The van der Waals surface area contributed by atoms with Crippen LogP contribution < -0.4 is 0 Å². The minimum Gasteiger partial charge on any atom is -0.390 e. The zero-order valence-electron chi connectivity index (χ0n) is 15.1. The lowest BCUT2D eigenvalue weighted by atomic mass is 9.98. The van der Waals surface area contributed by atoms with Crippen LogP contribution in [-0.2, 0) is 4.74 Å². The van der Waals surface area contributed by atoms with E-state index in [1.807, 2.05) is 0 Å². The second-order valence-electron chi connectivity index (χ2n) is 7.02. The maximum Gasteiger partial charge on any atom is 0.254 e. The molecule has 0 spiro atoms. The summed E-state index contributed by atoms with van der Waals surface area (Å²) in [5, 5.41) is 10.5. The van der Waals surface area contributed by atoms with Crippen molar-refractivity contribution >= 4 is 5.91 Å². The Morgan fingerprint density at radius 1 is 1.00 bits per heavy atom. The highest BCUT2D eigenvalue weighted by Crippen LogP contribution is 2.28. The van der Waals surface area contributed by atoms with Crippen molar-refractivity contribution in [1.29, 1.82) is 0 Å². The number of rotatable bonds is 3. The van der Waals surface area contributed by atoms with Gasteiger partial charge in [0.2, 0.25) is 0 Å². The summed E-state index contributed by atoms with van der Waals surface area (Å²) in [7, 11) is 0. The first-order valence-corrected chi connectivity index (χ1v) is 9.28. The Hall–Kier alpha value is -2.28. The summed E-state index contributed by atoms with van der Waals surface area (Å²) < 4.78 is 19.7. The van der Waals surface area contributed by atoms with Gasteiger partial charge in [0, 0.05) is 37.3 Å². The van der Waals surface area contributed by atoms with Crippen LogP contribution in [-0.4, -0.2) is 72.4 Å². The molecule has 0 radical (unpaired) electrons. The van der Waals surface area contributed by atoms with Gasteiger partial charge in [0.25, 0.3) is 5.91 Å². The second-order valence-corrected chi connectivity index (χ2v) is 7.02. The highest BCUT2D eigenvalue weighted by Gasteiger charge is 2.38. The highest BCUT2D eigenvalue weighted by molar-refractivity contribution is 6.01. The molecule has 0 aromatic heterocycles. The number of β-amino-alcohol motifs (C(OH)–C–C–N with tert-alkyl or cyclic N) is 1. The molecule has 0 saturated carbocycles. The number of halogens is 1. The van der Waals surface area contributed by atoms with Gasteiger partial charge in [0.15, 0.2) is 0 Å². The Morgan fingerprint density at radius 2 is 1.67 bits per heavy atom. The van der Waals surface area contributed by atoms with Crippen molar-refractivity contribution in [2.75, 3.05) is 39.4 Å². The lowest BCUT2D eigenvalue weighted by molar-refractivity contribution is -0.00611. The van der Waals surface area contributed by atoms with Crippen LogP contribution in [0.25, 0.3) is 11.1 Å². The van der Waals surface area contributed by atoms with Gasteiger partial charge < -0.3 is 14.7 Å². The number of aliphatic hydroxyl groups is 1. The molecule has 4 rings (SSSR count). The smallest absolute Gasteiger partial charge is 0.254 e. The van der Waals surface area contributed by atoms with Crippen LogP contribution in [0.15, 0.2) is 48.5 Å². The van der Waals surface area contributed by atoms with Gasteiger partial charge in [0.1, 0.15) is 5.82 Å². The molecule has 2 fully saturated rings. The zero-order chi connectivity index (χ0) is 18.8. The first kappa shape index (κ1) is 18.1. The number of hydrogen-bond acceptors (Lipinski definition) is 4. The molecule has 0 aliphatic carbocycles. The average molecular weight is 370 g/mol. The van der Waals surface area contributed by atoms with Gasteiger partial charge in [-0.1, -0.05) is 36.4 Å². The Balaban J connectivity index is 1.58. The van der Waals surface area contributed by atoms with Crippen molar-refractivity contribution in [3.8, 4) is 11.1 Å². The Bertz CT molecular complexity index is 823. The van der Waals surface area contributed by atoms with Gasteiger partial charge in [-0.3, -0.25) is 9.69 Å². The summed E-state index contributed by atoms with van der Waals surface area (Å²) in [6.07, 6.45) is -0.590. The molecule has 2 aliphatic heterocycles. The molecular weight excluding hydrogens is 347 g/mol. The topological polar surface area (TPSA) is 53.0 Å². The standard InChI is InChI=1S/C21H23FN2O3/c22-18-8-4-3-6-16(18)15-5-1-2-7-17(15)21(26)24-13-19(20(25)14-24)23-9-11-27-12-10-23/h1-8,19-20,25H,9-14H2/t19-,20-/m0/s1. The predicted octanol–water partition coefficient (Wildman–Crippen LogP) is 2.01. The van der Waals surface area contributed by atoms with Crippen molar-refractivity contribution in [1.82, 2.24) is 9.80 Å². The molecule has 142 valence electrons. The van der Waals surface area contributed by atoms with E-state index >= 15 is 0 Å². The van der Waals surface area contributed by atoms with Gasteiger partial charge >= 0.3 is 0 Å². The van der Waals surface area contributed by atoms with Crippen molar-refractivity contribution < 1.29 is 19.0 Å². The molecule has 2 aromatic carbocycles.